The van der Waals surface area contributed by atoms with Crippen molar-refractivity contribution in [3.63, 3.8) is 0 Å². The number of phenolic OH excluding ortho intramolecular Hbond substituents is 1. The van der Waals surface area contributed by atoms with Crippen molar-refractivity contribution in [1.29, 1.82) is 0 Å². The van der Waals surface area contributed by atoms with Gasteiger partial charge in [-0.15, -0.1) is 0 Å². The minimum Gasteiger partial charge on any atom is -0.508 e. The van der Waals surface area contributed by atoms with Gasteiger partial charge in [-0.1, -0.05) is 36.4 Å². The van der Waals surface area contributed by atoms with Gasteiger partial charge < -0.3 is 15.7 Å². The van der Waals surface area contributed by atoms with Crippen LogP contribution in [-0.2, 0) is 17.8 Å². The van der Waals surface area contributed by atoms with E-state index in [0.717, 1.165) is 12.1 Å². The average Bonchev–Trinajstić information content (AvgIpc) is 2.52. The number of fused-ring (bicyclic) bond motifs is 1. The van der Waals surface area contributed by atoms with Gasteiger partial charge in [0.05, 0.1) is 12.5 Å². The van der Waals surface area contributed by atoms with E-state index < -0.39 is 0 Å². The molecular weight excluding hydrogens is 276 g/mol. The summed E-state index contributed by atoms with van der Waals surface area (Å²) in [4.78, 5) is 12.3. The zero-order valence-electron chi connectivity index (χ0n) is 12.5. The molecule has 4 nitrogen and oxygen atoms in total. The van der Waals surface area contributed by atoms with Gasteiger partial charge >= 0.3 is 0 Å². The van der Waals surface area contributed by atoms with Crippen molar-refractivity contribution in [3.05, 3.63) is 65.2 Å². The van der Waals surface area contributed by atoms with Crippen LogP contribution < -0.4 is 10.6 Å². The Morgan fingerprint density at radius 2 is 1.95 bits per heavy atom. The van der Waals surface area contributed by atoms with E-state index in [1.807, 2.05) is 12.1 Å². The van der Waals surface area contributed by atoms with E-state index in [1.165, 1.54) is 11.1 Å². The first-order chi connectivity index (χ1) is 10.6. The number of benzene rings is 2. The van der Waals surface area contributed by atoms with Crippen molar-refractivity contribution < 1.29 is 9.90 Å². The summed E-state index contributed by atoms with van der Waals surface area (Å²) in [5, 5.41) is 15.8. The quantitative estimate of drug-likeness (QED) is 0.814. The summed E-state index contributed by atoms with van der Waals surface area (Å²) in [6.07, 6.45) is 0.311. The smallest absolute Gasteiger partial charge is 0.224 e. The molecule has 0 radical (unpaired) electrons. The molecule has 22 heavy (non-hydrogen) atoms. The van der Waals surface area contributed by atoms with Crippen molar-refractivity contribution in [1.82, 2.24) is 10.6 Å². The van der Waals surface area contributed by atoms with Crippen LogP contribution in [-0.4, -0.2) is 17.1 Å². The van der Waals surface area contributed by atoms with Crippen LogP contribution in [0.3, 0.4) is 0 Å². The van der Waals surface area contributed by atoms with Gasteiger partial charge in [-0.05, 0) is 35.7 Å². The summed E-state index contributed by atoms with van der Waals surface area (Å²) in [5.41, 5.74) is 3.31. The molecule has 1 aliphatic heterocycles. The fourth-order valence-corrected chi connectivity index (χ4v) is 2.88. The van der Waals surface area contributed by atoms with Crippen LogP contribution in [0.2, 0.25) is 0 Å². The van der Waals surface area contributed by atoms with Crippen molar-refractivity contribution in [2.45, 2.75) is 32.0 Å². The maximum Gasteiger partial charge on any atom is 0.224 e. The minimum absolute atomic E-state index is 0.0129. The number of rotatable bonds is 3. The molecule has 114 valence electrons. The minimum atomic E-state index is -0.0189. The Bertz CT molecular complexity index is 667. The highest BCUT2D eigenvalue weighted by Crippen LogP contribution is 2.25. The molecule has 2 unspecified atom stereocenters. The molecule has 2 aromatic rings. The predicted molar refractivity (Wildman–Crippen MR) is 85.4 cm³/mol. The van der Waals surface area contributed by atoms with Crippen LogP contribution in [0.4, 0.5) is 0 Å². The molecule has 1 heterocycles. The molecule has 1 amide bonds. The van der Waals surface area contributed by atoms with Crippen molar-refractivity contribution in [3.8, 4) is 5.75 Å². The second-order valence-corrected chi connectivity index (χ2v) is 5.76. The highest BCUT2D eigenvalue weighted by molar-refractivity contribution is 5.79. The first-order valence-electron chi connectivity index (χ1n) is 7.52. The van der Waals surface area contributed by atoms with Gasteiger partial charge in [-0.2, -0.15) is 0 Å². The molecule has 2 atom stereocenters. The van der Waals surface area contributed by atoms with Crippen molar-refractivity contribution in [2.75, 3.05) is 0 Å². The number of hydrogen-bond acceptors (Lipinski definition) is 3. The van der Waals surface area contributed by atoms with E-state index >= 15 is 0 Å². The lowest BCUT2D eigenvalue weighted by atomic mass is 9.91. The maximum atomic E-state index is 12.3. The van der Waals surface area contributed by atoms with Crippen LogP contribution in [0.5, 0.6) is 5.75 Å². The highest BCUT2D eigenvalue weighted by Gasteiger charge is 2.27. The van der Waals surface area contributed by atoms with Crippen molar-refractivity contribution >= 4 is 5.91 Å². The van der Waals surface area contributed by atoms with Gasteiger partial charge in [0.2, 0.25) is 5.91 Å². The van der Waals surface area contributed by atoms with E-state index in [0.29, 0.717) is 6.42 Å². The normalized spacial score (nSPS) is 20.2. The Morgan fingerprint density at radius 1 is 1.23 bits per heavy atom. The number of phenols is 1. The topological polar surface area (TPSA) is 61.4 Å². The van der Waals surface area contributed by atoms with E-state index in [-0.39, 0.29) is 23.7 Å². The van der Waals surface area contributed by atoms with E-state index in [1.54, 1.807) is 24.3 Å². The van der Waals surface area contributed by atoms with Crippen LogP contribution in [0.25, 0.3) is 0 Å². The Labute approximate surface area is 130 Å². The summed E-state index contributed by atoms with van der Waals surface area (Å²) in [6, 6.07) is 15.1. The van der Waals surface area contributed by atoms with Gasteiger partial charge in [0.1, 0.15) is 5.75 Å². The van der Waals surface area contributed by atoms with Crippen LogP contribution in [0.15, 0.2) is 48.5 Å². The molecule has 1 aliphatic rings. The average molecular weight is 296 g/mol. The lowest BCUT2D eigenvalue weighted by molar-refractivity contribution is -0.121. The molecule has 0 saturated heterocycles. The summed E-state index contributed by atoms with van der Waals surface area (Å²) in [7, 11) is 0. The standard InChI is InChI=1S/C18H20N2O2/c1-12-18(16-5-3-2-4-14(16)11-19-12)20-17(22)10-13-6-8-15(21)9-7-13/h2-9,12,18-19,21H,10-11H2,1H3,(H,20,22). The van der Waals surface area contributed by atoms with Crippen molar-refractivity contribution in [2.24, 2.45) is 0 Å². The zero-order chi connectivity index (χ0) is 15.5. The number of carbonyl (C=O) groups excluding carboxylic acids is 1. The van der Waals surface area contributed by atoms with Gasteiger partial charge in [-0.25, -0.2) is 0 Å². The molecule has 3 rings (SSSR count). The van der Waals surface area contributed by atoms with Crippen LogP contribution >= 0.6 is 0 Å². The van der Waals surface area contributed by atoms with Gasteiger partial charge in [0, 0.05) is 12.6 Å². The third-order valence-electron chi connectivity index (χ3n) is 4.12. The lowest BCUT2D eigenvalue weighted by Crippen LogP contribution is -2.46. The third kappa shape index (κ3) is 3.12. The molecule has 0 saturated carbocycles. The summed E-state index contributed by atoms with van der Waals surface area (Å²) in [5.74, 6) is 0.198. The molecule has 0 bridgehead atoms. The molecule has 4 heteroatoms. The molecule has 0 aliphatic carbocycles. The monoisotopic (exact) mass is 296 g/mol. The molecule has 0 spiro atoms. The summed E-state index contributed by atoms with van der Waals surface area (Å²) in [6.45, 7) is 2.92. The maximum absolute atomic E-state index is 12.3. The van der Waals surface area contributed by atoms with Gasteiger partial charge in [0.25, 0.3) is 0 Å². The predicted octanol–water partition coefficient (Wildman–Crippen LogP) is 2.28. The second kappa shape index (κ2) is 6.20. The number of hydrogen-bond donors (Lipinski definition) is 3. The Kier molecular flexibility index (Phi) is 4.11. The fraction of sp³-hybridized carbons (Fsp3) is 0.278. The number of aromatic hydroxyl groups is 1. The number of amides is 1. The summed E-state index contributed by atoms with van der Waals surface area (Å²) < 4.78 is 0. The van der Waals surface area contributed by atoms with E-state index in [2.05, 4.69) is 29.7 Å². The molecular formula is C18H20N2O2. The number of nitrogens with one attached hydrogen (secondary N) is 2. The van der Waals surface area contributed by atoms with Gasteiger partial charge in [-0.3, -0.25) is 4.79 Å². The Morgan fingerprint density at radius 3 is 2.73 bits per heavy atom. The van der Waals surface area contributed by atoms with E-state index in [4.69, 9.17) is 0 Å². The summed E-state index contributed by atoms with van der Waals surface area (Å²) >= 11 is 0. The molecule has 0 aromatic heterocycles. The Hall–Kier alpha value is -2.33. The SMILES string of the molecule is CC1NCc2ccccc2C1NC(=O)Cc1ccc(O)cc1. The molecule has 3 N–H and O–H groups in total. The first kappa shape index (κ1) is 14.6. The third-order valence-corrected chi connectivity index (χ3v) is 4.12. The first-order valence-corrected chi connectivity index (χ1v) is 7.52. The zero-order valence-corrected chi connectivity index (χ0v) is 12.5. The van der Waals surface area contributed by atoms with E-state index in [9.17, 15) is 9.90 Å². The number of carbonyl (C=O) groups is 1. The molecule has 0 fully saturated rings. The highest BCUT2D eigenvalue weighted by atomic mass is 16.3. The lowest BCUT2D eigenvalue weighted by Gasteiger charge is -2.33. The largest absolute Gasteiger partial charge is 0.508 e. The Balaban J connectivity index is 1.72. The van der Waals surface area contributed by atoms with Crippen LogP contribution in [0.1, 0.15) is 29.7 Å². The van der Waals surface area contributed by atoms with Crippen LogP contribution in [0, 0.1) is 0 Å². The van der Waals surface area contributed by atoms with Gasteiger partial charge in [0.15, 0.2) is 0 Å². The second-order valence-electron chi connectivity index (χ2n) is 5.76. The molecule has 2 aromatic carbocycles. The fourth-order valence-electron chi connectivity index (χ4n) is 2.88.